The molecule has 0 amide bonds. The van der Waals surface area contributed by atoms with Crippen LogP contribution >= 0.6 is 0 Å². The minimum absolute atomic E-state index is 0.139. The molecular formula is C23H19N3O. The van der Waals surface area contributed by atoms with Crippen LogP contribution < -0.4 is 5.49 Å². The summed E-state index contributed by atoms with van der Waals surface area (Å²) in [5.74, 6) is 0. The van der Waals surface area contributed by atoms with E-state index in [2.05, 4.69) is 31.2 Å². The second kappa shape index (κ2) is 7.00. The van der Waals surface area contributed by atoms with Crippen LogP contribution in [0, 0.1) is 5.41 Å². The number of nitrogens with zero attached hydrogens (tertiary/aromatic N) is 2. The summed E-state index contributed by atoms with van der Waals surface area (Å²) >= 11 is 0. The molecule has 0 spiro atoms. The molecule has 0 atom stereocenters. The molecule has 2 aromatic carbocycles. The van der Waals surface area contributed by atoms with Crippen molar-refractivity contribution in [1.29, 1.82) is 5.41 Å². The largest absolute Gasteiger partial charge is 0.283 e. The Kier molecular flexibility index (Phi) is 4.38. The molecule has 0 saturated carbocycles. The number of benzene rings is 2. The van der Waals surface area contributed by atoms with Crippen LogP contribution in [0.4, 0.5) is 0 Å². The van der Waals surface area contributed by atoms with Gasteiger partial charge in [-0.2, -0.15) is 0 Å². The first-order chi connectivity index (χ1) is 13.2. The van der Waals surface area contributed by atoms with E-state index in [9.17, 15) is 4.79 Å². The highest BCUT2D eigenvalue weighted by Crippen LogP contribution is 2.32. The van der Waals surface area contributed by atoms with Gasteiger partial charge in [-0.3, -0.25) is 14.8 Å². The molecule has 0 aliphatic carbocycles. The zero-order chi connectivity index (χ0) is 18.8. The summed E-state index contributed by atoms with van der Waals surface area (Å²) in [7, 11) is 0. The molecule has 27 heavy (non-hydrogen) atoms. The molecular weight excluding hydrogens is 334 g/mol. The van der Waals surface area contributed by atoms with Crippen LogP contribution in [0.25, 0.3) is 33.3 Å². The van der Waals surface area contributed by atoms with Crippen LogP contribution in [0.1, 0.15) is 12.5 Å². The summed E-state index contributed by atoms with van der Waals surface area (Å²) in [6.45, 7) is 2.14. The van der Waals surface area contributed by atoms with Crippen LogP contribution in [0.3, 0.4) is 0 Å². The number of fused-ring (bicyclic) bond motifs is 1. The van der Waals surface area contributed by atoms with Gasteiger partial charge in [-0.05, 0) is 29.7 Å². The van der Waals surface area contributed by atoms with E-state index >= 15 is 0 Å². The number of carbonyl (C=O) groups excluding carboxylic acids is 1. The highest BCUT2D eigenvalue weighted by molar-refractivity contribution is 5.91. The molecule has 0 unspecified atom stereocenters. The third-order valence-corrected chi connectivity index (χ3v) is 4.79. The lowest BCUT2D eigenvalue weighted by Gasteiger charge is -2.13. The standard InChI is InChI=1S/C23H19N3O/c1-2-16-8-10-18(11-9-16)22-19(17-6-4-3-5-7-17)14-20-21(25-22)12-13-26(15-27)23(20)24/h3-15,24H,2H2,1H3. The van der Waals surface area contributed by atoms with Gasteiger partial charge in [0.1, 0.15) is 5.49 Å². The van der Waals surface area contributed by atoms with E-state index in [1.54, 1.807) is 12.3 Å². The normalized spacial score (nSPS) is 10.9. The number of pyridine rings is 2. The van der Waals surface area contributed by atoms with E-state index in [1.165, 1.54) is 10.1 Å². The van der Waals surface area contributed by atoms with Gasteiger partial charge >= 0.3 is 0 Å². The molecule has 4 rings (SSSR count). The van der Waals surface area contributed by atoms with E-state index in [-0.39, 0.29) is 5.49 Å². The third kappa shape index (κ3) is 3.06. The molecule has 2 heterocycles. The van der Waals surface area contributed by atoms with Gasteiger partial charge in [0.15, 0.2) is 0 Å². The van der Waals surface area contributed by atoms with Crippen molar-refractivity contribution < 1.29 is 4.79 Å². The number of carbonyl (C=O) groups is 1. The molecule has 4 aromatic rings. The van der Waals surface area contributed by atoms with Crippen molar-refractivity contribution in [2.24, 2.45) is 0 Å². The first-order valence-corrected chi connectivity index (χ1v) is 8.91. The quantitative estimate of drug-likeness (QED) is 0.551. The minimum Gasteiger partial charge on any atom is -0.283 e. The molecule has 2 aromatic heterocycles. The van der Waals surface area contributed by atoms with Crippen LogP contribution in [0.5, 0.6) is 0 Å². The predicted octanol–water partition coefficient (Wildman–Crippen LogP) is 4.45. The summed E-state index contributed by atoms with van der Waals surface area (Å²) in [6, 6.07) is 22.2. The number of aromatic nitrogens is 2. The monoisotopic (exact) mass is 353 g/mol. The lowest BCUT2D eigenvalue weighted by Crippen LogP contribution is -2.19. The molecule has 0 aliphatic heterocycles. The van der Waals surface area contributed by atoms with Crippen LogP contribution in [0.2, 0.25) is 0 Å². The fourth-order valence-electron chi connectivity index (χ4n) is 3.25. The van der Waals surface area contributed by atoms with Gasteiger partial charge in [-0.15, -0.1) is 0 Å². The number of rotatable bonds is 4. The Morgan fingerprint density at radius 2 is 1.74 bits per heavy atom. The van der Waals surface area contributed by atoms with Crippen LogP contribution in [0.15, 0.2) is 72.9 Å². The third-order valence-electron chi connectivity index (χ3n) is 4.79. The minimum atomic E-state index is 0.139. The summed E-state index contributed by atoms with van der Waals surface area (Å²) < 4.78 is 1.26. The van der Waals surface area contributed by atoms with Gasteiger partial charge in [-0.1, -0.05) is 61.5 Å². The van der Waals surface area contributed by atoms with Crippen molar-refractivity contribution in [2.45, 2.75) is 13.3 Å². The molecule has 0 bridgehead atoms. The topological polar surface area (TPSA) is 58.7 Å². The Balaban J connectivity index is 2.03. The van der Waals surface area contributed by atoms with Gasteiger partial charge in [0, 0.05) is 22.7 Å². The lowest BCUT2D eigenvalue weighted by atomic mass is 9.97. The Morgan fingerprint density at radius 3 is 2.41 bits per heavy atom. The summed E-state index contributed by atoms with van der Waals surface area (Å²) in [5, 5.41) is 8.97. The summed E-state index contributed by atoms with van der Waals surface area (Å²) in [4.78, 5) is 16.1. The van der Waals surface area contributed by atoms with Crippen LogP contribution in [-0.2, 0) is 11.2 Å². The van der Waals surface area contributed by atoms with Gasteiger partial charge in [0.25, 0.3) is 0 Å². The first kappa shape index (κ1) is 16.9. The van der Waals surface area contributed by atoms with Crippen molar-refractivity contribution in [3.05, 3.63) is 84.0 Å². The maximum atomic E-state index is 11.2. The Labute approximate surface area is 157 Å². The number of aryl methyl sites for hydroxylation is 1. The van der Waals surface area contributed by atoms with Crippen molar-refractivity contribution in [2.75, 3.05) is 0 Å². The van der Waals surface area contributed by atoms with Crippen LogP contribution in [-0.4, -0.2) is 16.0 Å². The van der Waals surface area contributed by atoms with E-state index in [0.29, 0.717) is 17.3 Å². The lowest BCUT2D eigenvalue weighted by molar-refractivity contribution is 0.545. The van der Waals surface area contributed by atoms with Crippen molar-refractivity contribution in [3.8, 4) is 22.4 Å². The number of hydrogen-bond acceptors (Lipinski definition) is 3. The Morgan fingerprint density at radius 1 is 1.00 bits per heavy atom. The Bertz CT molecular complexity index is 1180. The molecule has 4 nitrogen and oxygen atoms in total. The van der Waals surface area contributed by atoms with Gasteiger partial charge < -0.3 is 0 Å². The average molecular weight is 353 g/mol. The van der Waals surface area contributed by atoms with Gasteiger partial charge in [-0.25, -0.2) is 4.98 Å². The maximum absolute atomic E-state index is 11.2. The Hall–Kier alpha value is -3.53. The summed E-state index contributed by atoms with van der Waals surface area (Å²) in [6.07, 6.45) is 3.21. The number of hydrogen-bond donors (Lipinski definition) is 1. The van der Waals surface area contributed by atoms with Gasteiger partial charge in [0.05, 0.1) is 11.2 Å². The summed E-state index contributed by atoms with van der Waals surface area (Å²) in [5.41, 5.74) is 6.01. The zero-order valence-corrected chi connectivity index (χ0v) is 15.0. The number of nitrogens with one attached hydrogen (secondary N) is 1. The van der Waals surface area contributed by atoms with E-state index in [0.717, 1.165) is 28.8 Å². The first-order valence-electron chi connectivity index (χ1n) is 8.91. The van der Waals surface area contributed by atoms with Crippen molar-refractivity contribution in [1.82, 2.24) is 9.55 Å². The smallest absolute Gasteiger partial charge is 0.219 e. The molecule has 0 radical (unpaired) electrons. The fourth-order valence-corrected chi connectivity index (χ4v) is 3.25. The van der Waals surface area contributed by atoms with E-state index < -0.39 is 0 Å². The second-order valence-corrected chi connectivity index (χ2v) is 6.41. The fraction of sp³-hybridized carbons (Fsp3) is 0.0870. The molecule has 1 N–H and O–H groups in total. The molecule has 0 saturated heterocycles. The molecule has 0 fully saturated rings. The average Bonchev–Trinajstić information content (AvgIpc) is 2.74. The SMILES string of the molecule is CCc1ccc(-c2nc3ccn(C=O)c(=N)c3cc2-c2ccccc2)cc1. The molecule has 132 valence electrons. The van der Waals surface area contributed by atoms with Crippen molar-refractivity contribution in [3.63, 3.8) is 0 Å². The zero-order valence-electron chi connectivity index (χ0n) is 15.0. The maximum Gasteiger partial charge on any atom is 0.219 e. The van der Waals surface area contributed by atoms with E-state index in [1.807, 2.05) is 36.4 Å². The predicted molar refractivity (Wildman–Crippen MR) is 108 cm³/mol. The molecule has 4 heteroatoms. The highest BCUT2D eigenvalue weighted by atomic mass is 16.1. The van der Waals surface area contributed by atoms with E-state index in [4.69, 9.17) is 10.4 Å². The second-order valence-electron chi connectivity index (χ2n) is 6.41. The molecule has 0 aliphatic rings. The highest BCUT2D eigenvalue weighted by Gasteiger charge is 2.13. The van der Waals surface area contributed by atoms with Crippen molar-refractivity contribution >= 4 is 17.3 Å². The van der Waals surface area contributed by atoms with Gasteiger partial charge in [0.2, 0.25) is 6.41 Å².